The third-order valence-electron chi connectivity index (χ3n) is 4.11. The Labute approximate surface area is 141 Å². The summed E-state index contributed by atoms with van der Waals surface area (Å²) < 4.78 is 5.16. The van der Waals surface area contributed by atoms with E-state index in [4.69, 9.17) is 4.52 Å². The zero-order valence-corrected chi connectivity index (χ0v) is 13.9. The van der Waals surface area contributed by atoms with Crippen LogP contribution in [0, 0.1) is 6.92 Å². The highest BCUT2D eigenvalue weighted by atomic mass is 16.5. The summed E-state index contributed by atoms with van der Waals surface area (Å²) in [5, 5.41) is 6.73. The Hall–Kier alpha value is -2.25. The lowest BCUT2D eigenvalue weighted by Crippen LogP contribution is -2.46. The third kappa shape index (κ3) is 4.87. The molecule has 24 heavy (non-hydrogen) atoms. The molecule has 1 saturated heterocycles. The van der Waals surface area contributed by atoms with Crippen molar-refractivity contribution in [3.63, 3.8) is 0 Å². The van der Waals surface area contributed by atoms with E-state index in [9.17, 15) is 4.79 Å². The van der Waals surface area contributed by atoms with E-state index in [2.05, 4.69) is 25.3 Å². The summed E-state index contributed by atoms with van der Waals surface area (Å²) in [5.41, 5.74) is 0.849. The van der Waals surface area contributed by atoms with Gasteiger partial charge in [-0.05, 0) is 19.1 Å². The quantitative estimate of drug-likeness (QED) is 0.866. The smallest absolute Gasteiger partial charge is 0.240 e. The van der Waals surface area contributed by atoms with Crippen LogP contribution in [0.25, 0.3) is 0 Å². The number of benzene rings is 1. The zero-order valence-electron chi connectivity index (χ0n) is 13.9. The van der Waals surface area contributed by atoms with Crippen LogP contribution in [0.2, 0.25) is 0 Å². The molecule has 2 heterocycles. The summed E-state index contributed by atoms with van der Waals surface area (Å²) in [5.74, 6) is 1.40. The van der Waals surface area contributed by atoms with Gasteiger partial charge in [0.2, 0.25) is 11.8 Å². The minimum absolute atomic E-state index is 0.0602. The van der Waals surface area contributed by atoms with Gasteiger partial charge in [0.15, 0.2) is 5.82 Å². The maximum absolute atomic E-state index is 12.0. The first-order chi connectivity index (χ1) is 11.7. The van der Waals surface area contributed by atoms with Crippen molar-refractivity contribution >= 4 is 11.6 Å². The molecule has 0 unspecified atom stereocenters. The van der Waals surface area contributed by atoms with Gasteiger partial charge in [-0.3, -0.25) is 9.69 Å². The van der Waals surface area contributed by atoms with Gasteiger partial charge in [0.05, 0.1) is 6.54 Å². The molecule has 1 amide bonds. The average Bonchev–Trinajstić information content (AvgIpc) is 3.00. The van der Waals surface area contributed by atoms with Crippen LogP contribution in [0.5, 0.6) is 0 Å². The minimum atomic E-state index is 0.0602. The van der Waals surface area contributed by atoms with Gasteiger partial charge in [0.1, 0.15) is 0 Å². The topological polar surface area (TPSA) is 74.5 Å². The maximum Gasteiger partial charge on any atom is 0.240 e. The molecule has 128 valence electrons. The summed E-state index contributed by atoms with van der Waals surface area (Å²) >= 11 is 0. The molecule has 1 aliphatic rings. The number of rotatable bonds is 6. The summed E-state index contributed by atoms with van der Waals surface area (Å²) in [6, 6.07) is 9.57. The molecule has 1 fully saturated rings. The van der Waals surface area contributed by atoms with E-state index in [1.165, 1.54) is 0 Å². The Morgan fingerprint density at radius 2 is 1.88 bits per heavy atom. The lowest BCUT2D eigenvalue weighted by atomic mass is 10.2. The van der Waals surface area contributed by atoms with Crippen molar-refractivity contribution < 1.29 is 9.32 Å². The van der Waals surface area contributed by atoms with Gasteiger partial charge in [-0.2, -0.15) is 4.98 Å². The molecule has 0 saturated carbocycles. The van der Waals surface area contributed by atoms with Crippen molar-refractivity contribution in [1.82, 2.24) is 19.9 Å². The van der Waals surface area contributed by atoms with E-state index in [1.807, 2.05) is 37.3 Å². The van der Waals surface area contributed by atoms with Crippen LogP contribution in [0.1, 0.15) is 18.1 Å². The van der Waals surface area contributed by atoms with Crippen molar-refractivity contribution in [3.8, 4) is 0 Å². The number of carbonyl (C=O) groups is 1. The number of hydrogen-bond acceptors (Lipinski definition) is 6. The lowest BCUT2D eigenvalue weighted by Gasteiger charge is -2.33. The summed E-state index contributed by atoms with van der Waals surface area (Å²) in [7, 11) is 0. The number of nitrogens with one attached hydrogen (secondary N) is 1. The molecule has 0 bridgehead atoms. The van der Waals surface area contributed by atoms with Crippen molar-refractivity contribution in [2.45, 2.75) is 19.9 Å². The van der Waals surface area contributed by atoms with E-state index in [1.54, 1.807) is 0 Å². The van der Waals surface area contributed by atoms with Crippen molar-refractivity contribution in [2.24, 2.45) is 0 Å². The second kappa shape index (κ2) is 8.03. The first-order valence-electron chi connectivity index (χ1n) is 8.28. The molecular weight excluding hydrogens is 306 g/mol. The Bertz CT molecular complexity index is 650. The normalized spacial score (nSPS) is 16.2. The van der Waals surface area contributed by atoms with Crippen molar-refractivity contribution in [1.29, 1.82) is 0 Å². The predicted molar refractivity (Wildman–Crippen MR) is 90.4 cm³/mol. The molecule has 7 heteroatoms. The summed E-state index contributed by atoms with van der Waals surface area (Å²) in [4.78, 5) is 20.8. The number of hydrogen-bond donors (Lipinski definition) is 1. The van der Waals surface area contributed by atoms with Gasteiger partial charge in [-0.25, -0.2) is 0 Å². The van der Waals surface area contributed by atoms with Crippen LogP contribution in [0.3, 0.4) is 0 Å². The molecule has 0 radical (unpaired) electrons. The largest absolute Gasteiger partial charge is 0.338 e. The fourth-order valence-corrected chi connectivity index (χ4v) is 2.77. The molecular formula is C17H23N5O2. The number of aromatic nitrogens is 2. The highest BCUT2D eigenvalue weighted by Gasteiger charge is 2.19. The highest BCUT2D eigenvalue weighted by molar-refractivity contribution is 5.90. The van der Waals surface area contributed by atoms with Crippen LogP contribution in [0.15, 0.2) is 34.9 Å². The lowest BCUT2D eigenvalue weighted by molar-refractivity contribution is -0.116. The number of anilines is 1. The molecule has 1 aromatic carbocycles. The summed E-state index contributed by atoms with van der Waals surface area (Å²) in [6.45, 7) is 7.10. The molecule has 3 rings (SSSR count). The molecule has 1 N–H and O–H groups in total. The van der Waals surface area contributed by atoms with Gasteiger partial charge >= 0.3 is 0 Å². The number of piperazine rings is 1. The molecule has 7 nitrogen and oxygen atoms in total. The standard InChI is InChI=1S/C17H23N5O2/c1-14-18-17(24-20-14)13-22-11-9-21(10-12-22)8-7-16(23)19-15-5-3-2-4-6-15/h2-6H,7-13H2,1H3,(H,19,23). The number of nitrogens with zero attached hydrogens (tertiary/aromatic N) is 4. The first-order valence-corrected chi connectivity index (χ1v) is 8.28. The van der Waals surface area contributed by atoms with E-state index >= 15 is 0 Å². The monoisotopic (exact) mass is 329 g/mol. The van der Waals surface area contributed by atoms with Crippen LogP contribution in [-0.2, 0) is 11.3 Å². The van der Waals surface area contributed by atoms with E-state index in [0.717, 1.165) is 38.4 Å². The minimum Gasteiger partial charge on any atom is -0.338 e. The van der Waals surface area contributed by atoms with Gasteiger partial charge < -0.3 is 14.7 Å². The fourth-order valence-electron chi connectivity index (χ4n) is 2.77. The number of aryl methyl sites for hydroxylation is 1. The second-order valence-electron chi connectivity index (χ2n) is 6.02. The van der Waals surface area contributed by atoms with Gasteiger partial charge in [0.25, 0.3) is 0 Å². The highest BCUT2D eigenvalue weighted by Crippen LogP contribution is 2.09. The number of para-hydroxylation sites is 1. The third-order valence-corrected chi connectivity index (χ3v) is 4.11. The molecule has 0 aliphatic carbocycles. The zero-order chi connectivity index (χ0) is 16.8. The van der Waals surface area contributed by atoms with Gasteiger partial charge in [-0.15, -0.1) is 0 Å². The molecule has 1 aliphatic heterocycles. The Balaban J connectivity index is 1.35. The molecule has 0 atom stereocenters. The fraction of sp³-hybridized carbons (Fsp3) is 0.471. The van der Waals surface area contributed by atoms with Crippen molar-refractivity contribution in [2.75, 3.05) is 38.0 Å². The Morgan fingerprint density at radius 1 is 1.17 bits per heavy atom. The van der Waals surface area contributed by atoms with Crippen molar-refractivity contribution in [3.05, 3.63) is 42.0 Å². The van der Waals surface area contributed by atoms with E-state index in [0.29, 0.717) is 24.7 Å². The molecule has 1 aromatic heterocycles. The van der Waals surface area contributed by atoms with Crippen LogP contribution in [-0.4, -0.2) is 58.6 Å². The van der Waals surface area contributed by atoms with Crippen LogP contribution >= 0.6 is 0 Å². The van der Waals surface area contributed by atoms with Crippen LogP contribution < -0.4 is 5.32 Å². The average molecular weight is 329 g/mol. The first kappa shape index (κ1) is 16.6. The van der Waals surface area contributed by atoms with Gasteiger partial charge in [0, 0.05) is 44.8 Å². The Morgan fingerprint density at radius 3 is 2.54 bits per heavy atom. The maximum atomic E-state index is 12.0. The SMILES string of the molecule is Cc1noc(CN2CCN(CCC(=O)Nc3ccccc3)CC2)n1. The van der Waals surface area contributed by atoms with Crippen LogP contribution in [0.4, 0.5) is 5.69 Å². The predicted octanol–water partition coefficient (Wildman–Crippen LogP) is 1.52. The molecule has 0 spiro atoms. The second-order valence-corrected chi connectivity index (χ2v) is 6.02. The molecule has 2 aromatic rings. The summed E-state index contributed by atoms with van der Waals surface area (Å²) in [6.07, 6.45) is 0.512. The number of amides is 1. The van der Waals surface area contributed by atoms with Gasteiger partial charge in [-0.1, -0.05) is 23.4 Å². The van der Waals surface area contributed by atoms with E-state index in [-0.39, 0.29) is 5.91 Å². The van der Waals surface area contributed by atoms with E-state index < -0.39 is 0 Å². The Kier molecular flexibility index (Phi) is 5.55. The number of carbonyl (C=O) groups excluding carboxylic acids is 1.